The van der Waals surface area contributed by atoms with Crippen LogP contribution < -0.4 is 0 Å². The van der Waals surface area contributed by atoms with Crippen molar-refractivity contribution in [2.75, 3.05) is 0 Å². The average Bonchev–Trinajstić information content (AvgIpc) is 2.77. The summed E-state index contributed by atoms with van der Waals surface area (Å²) in [5, 5.41) is 0. The third-order valence-corrected chi connectivity index (χ3v) is 40.0. The van der Waals surface area contributed by atoms with Gasteiger partial charge in [-0.2, -0.15) is 0 Å². The van der Waals surface area contributed by atoms with Crippen LogP contribution in [-0.4, -0.2) is 22.6 Å². The molecule has 4 fully saturated rings. The molecular formula is C24H44Cl2Fe6P2Pd. The molecule has 4 aliphatic rings. The molecule has 0 heterocycles. The number of hydrogen-bond acceptors (Lipinski definition) is 0. The van der Waals surface area contributed by atoms with E-state index in [4.69, 9.17) is 19.1 Å². The van der Waals surface area contributed by atoms with Gasteiger partial charge in [0.05, 0.1) is 0 Å². The number of rotatable bonds is 6. The molecule has 4 rings (SSSR count). The molecule has 0 nitrogen and oxygen atoms in total. The van der Waals surface area contributed by atoms with Crippen molar-refractivity contribution in [2.45, 2.75) is 151 Å². The summed E-state index contributed by atoms with van der Waals surface area (Å²) in [6.45, 7) is 0. The van der Waals surface area contributed by atoms with E-state index in [1.807, 2.05) is 0 Å². The fourth-order valence-corrected chi connectivity index (χ4v) is 49.2. The van der Waals surface area contributed by atoms with Crippen LogP contribution in [0.4, 0.5) is 0 Å². The fourth-order valence-electron chi connectivity index (χ4n) is 6.48. The summed E-state index contributed by atoms with van der Waals surface area (Å²) < 4.78 is 0. The zero-order valence-electron chi connectivity index (χ0n) is 20.5. The largest absolute Gasteiger partial charge is 0 e. The van der Waals surface area contributed by atoms with Gasteiger partial charge in [-0.25, -0.2) is 0 Å². The standard InChI is InChI=1S/2C12H22P.2ClH.6Fe.Pd/c2*1-3-7-11(8-4-1)13-12-9-5-2-6-10-12;;;;;;;;;/h2*11-12H,1-10H2;2*1H;;;;;;;/q2*-1;;;;;;;;;+4/p-2. The zero-order chi connectivity index (χ0) is 20.1. The van der Waals surface area contributed by atoms with Gasteiger partial charge < -0.3 is 0 Å². The van der Waals surface area contributed by atoms with Gasteiger partial charge in [-0.15, -0.1) is 0 Å². The van der Waals surface area contributed by atoms with E-state index in [1.165, 1.54) is 128 Å². The summed E-state index contributed by atoms with van der Waals surface area (Å²) in [6, 6.07) is 0. The molecule has 11 heteroatoms. The van der Waals surface area contributed by atoms with Crippen molar-refractivity contribution in [2.24, 2.45) is 0 Å². The third-order valence-electron chi connectivity index (χ3n) is 8.00. The topological polar surface area (TPSA) is 0 Å². The Morgan fingerprint density at radius 2 is 0.514 bits per heavy atom. The van der Waals surface area contributed by atoms with Crippen molar-refractivity contribution >= 4 is 31.3 Å². The van der Waals surface area contributed by atoms with Crippen LogP contribution in [0.5, 0.6) is 0 Å². The van der Waals surface area contributed by atoms with Gasteiger partial charge in [-0.3, -0.25) is 0 Å². The molecule has 4 saturated carbocycles. The predicted octanol–water partition coefficient (Wildman–Crippen LogP) is 10.6. The molecule has 0 radical (unpaired) electrons. The van der Waals surface area contributed by atoms with E-state index < -0.39 is 12.5 Å². The van der Waals surface area contributed by atoms with E-state index in [2.05, 4.69) is 0 Å². The minimum absolute atomic E-state index is 0. The molecule has 0 spiro atoms. The molecule has 0 unspecified atom stereocenters. The van der Waals surface area contributed by atoms with Gasteiger partial charge in [-0.05, 0) is 0 Å². The third kappa shape index (κ3) is 12.8. The van der Waals surface area contributed by atoms with Gasteiger partial charge in [0.1, 0.15) is 0 Å². The Kier molecular flexibility index (Phi) is 30.2. The van der Waals surface area contributed by atoms with Gasteiger partial charge in [0.15, 0.2) is 0 Å². The Morgan fingerprint density at radius 1 is 0.343 bits per heavy atom. The van der Waals surface area contributed by atoms with Gasteiger partial charge >= 0.3 is 195 Å². The Labute approximate surface area is 293 Å². The van der Waals surface area contributed by atoms with E-state index in [1.54, 1.807) is 0 Å². The molecule has 0 bridgehead atoms. The Balaban J connectivity index is -0.00000171. The minimum Gasteiger partial charge on any atom is 0 e. The maximum absolute atomic E-state index is 7.97. The van der Waals surface area contributed by atoms with Gasteiger partial charge in [-0.1, -0.05) is 0 Å². The maximum atomic E-state index is 7.97. The second kappa shape index (κ2) is 23.6. The molecule has 0 saturated heterocycles. The first kappa shape index (κ1) is 44.7. The van der Waals surface area contributed by atoms with Crippen molar-refractivity contribution in [3.8, 4) is 0 Å². The molecule has 0 aromatic rings. The molecule has 0 amide bonds. The fraction of sp³-hybridized carbons (Fsp3) is 1.00. The van der Waals surface area contributed by atoms with Gasteiger partial charge in [0.25, 0.3) is 0 Å². The molecule has 4 aliphatic carbocycles. The summed E-state index contributed by atoms with van der Waals surface area (Å²) >= 11 is -2.39. The van der Waals surface area contributed by atoms with E-state index in [9.17, 15) is 0 Å². The van der Waals surface area contributed by atoms with Crippen molar-refractivity contribution < 1.29 is 115 Å². The SMILES string of the molecule is [Cl][Pd]([Cl])([P](C1CCCCC1)C1CCCCC1)[P](C1CCCCC1)C1CCCCC1.[Fe].[Fe].[Fe].[Fe].[Fe].[Fe]. The number of halogens is 2. The van der Waals surface area contributed by atoms with Crippen LogP contribution in [0.3, 0.4) is 0 Å². The first-order valence-corrected chi connectivity index (χ1v) is 23.6. The molecule has 0 aliphatic heterocycles. The molecule has 0 N–H and O–H groups in total. The van der Waals surface area contributed by atoms with Crippen LogP contribution in [0.2, 0.25) is 0 Å². The molecule has 0 atom stereocenters. The second-order valence-electron chi connectivity index (χ2n) is 10.1. The normalized spacial score (nSPS) is 23.4. The second-order valence-corrected chi connectivity index (χ2v) is 35.9. The Hall–Kier alpha value is 5.22. The first-order chi connectivity index (χ1) is 14.2. The van der Waals surface area contributed by atoms with Crippen LogP contribution in [0.1, 0.15) is 128 Å². The van der Waals surface area contributed by atoms with E-state index in [0.29, 0.717) is 0 Å². The monoisotopic (exact) mass is 906 g/mol. The van der Waals surface area contributed by atoms with E-state index >= 15 is 0 Å². The van der Waals surface area contributed by atoms with Crippen LogP contribution in [0, 0.1) is 0 Å². The van der Waals surface area contributed by atoms with Crippen molar-refractivity contribution in [1.82, 2.24) is 0 Å². The van der Waals surface area contributed by atoms with E-state index in [0.717, 1.165) is 22.6 Å². The van der Waals surface area contributed by atoms with Crippen LogP contribution in [0.25, 0.3) is 0 Å². The summed E-state index contributed by atoms with van der Waals surface area (Å²) in [4.78, 5) is 0. The van der Waals surface area contributed by atoms with Crippen LogP contribution in [0.15, 0.2) is 0 Å². The molecular weight excluding hydrogens is 863 g/mol. The van der Waals surface area contributed by atoms with Gasteiger partial charge in [0, 0.05) is 102 Å². The molecule has 0 aromatic heterocycles. The maximum Gasteiger partial charge on any atom is 0 e. The first-order valence-electron chi connectivity index (χ1n) is 12.8. The Morgan fingerprint density at radius 3 is 0.686 bits per heavy atom. The van der Waals surface area contributed by atoms with Crippen LogP contribution >= 0.6 is 31.3 Å². The zero-order valence-corrected chi connectivity index (χ0v) is 32.0. The summed E-state index contributed by atoms with van der Waals surface area (Å²) in [7, 11) is 15.9. The van der Waals surface area contributed by atoms with Crippen molar-refractivity contribution in [3.05, 3.63) is 0 Å². The van der Waals surface area contributed by atoms with Crippen molar-refractivity contribution in [3.63, 3.8) is 0 Å². The minimum atomic E-state index is -2.39. The predicted molar refractivity (Wildman–Crippen MR) is 133 cm³/mol. The van der Waals surface area contributed by atoms with Crippen LogP contribution in [-0.2, 0) is 115 Å². The summed E-state index contributed by atoms with van der Waals surface area (Å²) in [5.74, 6) is 0. The molecule has 0 aromatic carbocycles. The van der Waals surface area contributed by atoms with Gasteiger partial charge in [0.2, 0.25) is 0 Å². The summed E-state index contributed by atoms with van der Waals surface area (Å²) in [6.07, 6.45) is 29.0. The number of hydrogen-bond donors (Lipinski definition) is 0. The average molecular weight is 907 g/mol. The Bertz CT molecular complexity index is 424. The smallest absolute Gasteiger partial charge is 0 e. The molecule has 35 heavy (non-hydrogen) atoms. The summed E-state index contributed by atoms with van der Waals surface area (Å²) in [5.41, 5.74) is 3.74. The van der Waals surface area contributed by atoms with Crippen molar-refractivity contribution in [1.29, 1.82) is 0 Å². The molecule has 222 valence electrons. The van der Waals surface area contributed by atoms with E-state index in [-0.39, 0.29) is 115 Å². The quantitative estimate of drug-likeness (QED) is 0.184.